The minimum Gasteiger partial charge on any atom is -0.459 e. The van der Waals surface area contributed by atoms with Crippen LogP contribution in [0.4, 0.5) is 11.4 Å². The highest BCUT2D eigenvalue weighted by atomic mass is 16.3. The fourth-order valence-electron chi connectivity index (χ4n) is 2.99. The average molecular weight is 341 g/mol. The number of nitrogens with one attached hydrogen (secondary N) is 2. The monoisotopic (exact) mass is 341 g/mol. The van der Waals surface area contributed by atoms with Gasteiger partial charge in [-0.25, -0.2) is 0 Å². The van der Waals surface area contributed by atoms with Crippen molar-refractivity contribution in [2.75, 3.05) is 29.9 Å². The molecule has 0 saturated carbocycles. The third kappa shape index (κ3) is 4.62. The summed E-state index contributed by atoms with van der Waals surface area (Å²) < 4.78 is 5.01. The lowest BCUT2D eigenvalue weighted by Crippen LogP contribution is -2.31. The quantitative estimate of drug-likeness (QED) is 0.847. The second-order valence-electron chi connectivity index (χ2n) is 6.10. The third-order valence-electron chi connectivity index (χ3n) is 4.26. The zero-order valence-corrected chi connectivity index (χ0v) is 14.2. The smallest absolute Gasteiger partial charge is 0.286 e. The van der Waals surface area contributed by atoms with Crippen molar-refractivity contribution in [3.05, 3.63) is 48.4 Å². The van der Waals surface area contributed by atoms with E-state index in [0.29, 0.717) is 0 Å². The first-order chi connectivity index (χ1) is 12.2. The van der Waals surface area contributed by atoms with Gasteiger partial charge in [0.25, 0.3) is 5.91 Å². The molecule has 1 fully saturated rings. The molecular formula is C19H23N3O3. The largest absolute Gasteiger partial charge is 0.459 e. The molecule has 132 valence electrons. The van der Waals surface area contributed by atoms with E-state index in [1.807, 2.05) is 24.3 Å². The number of hydrogen-bond acceptors (Lipinski definition) is 4. The SMILES string of the molecule is O=C(CCNC(=O)c1ccco1)Nc1ccccc1N1CCCCC1. The molecule has 3 rings (SSSR count). The van der Waals surface area contributed by atoms with Gasteiger partial charge in [0, 0.05) is 26.1 Å². The predicted molar refractivity (Wildman–Crippen MR) is 96.8 cm³/mol. The molecule has 2 aromatic rings. The van der Waals surface area contributed by atoms with Crippen molar-refractivity contribution < 1.29 is 14.0 Å². The Morgan fingerprint density at radius 3 is 2.60 bits per heavy atom. The van der Waals surface area contributed by atoms with Gasteiger partial charge in [-0.05, 0) is 43.5 Å². The summed E-state index contributed by atoms with van der Waals surface area (Å²) >= 11 is 0. The number of piperidine rings is 1. The highest BCUT2D eigenvalue weighted by Crippen LogP contribution is 2.28. The van der Waals surface area contributed by atoms with Gasteiger partial charge in [-0.3, -0.25) is 9.59 Å². The number of hydrogen-bond donors (Lipinski definition) is 2. The second-order valence-corrected chi connectivity index (χ2v) is 6.10. The third-order valence-corrected chi connectivity index (χ3v) is 4.26. The summed E-state index contributed by atoms with van der Waals surface area (Å²) in [7, 11) is 0. The van der Waals surface area contributed by atoms with Crippen molar-refractivity contribution in [2.45, 2.75) is 25.7 Å². The van der Waals surface area contributed by atoms with Gasteiger partial charge >= 0.3 is 0 Å². The minimum absolute atomic E-state index is 0.121. The highest BCUT2D eigenvalue weighted by molar-refractivity contribution is 5.95. The summed E-state index contributed by atoms with van der Waals surface area (Å²) in [5, 5.41) is 5.64. The number of nitrogens with zero attached hydrogens (tertiary/aromatic N) is 1. The molecule has 0 bridgehead atoms. The van der Waals surface area contributed by atoms with Crippen LogP contribution in [0.2, 0.25) is 0 Å². The molecule has 0 aliphatic carbocycles. The molecule has 6 nitrogen and oxygen atoms in total. The summed E-state index contributed by atoms with van der Waals surface area (Å²) in [5.74, 6) is -0.188. The first kappa shape index (κ1) is 17.1. The number of carbonyl (C=O) groups is 2. The Morgan fingerprint density at radius 1 is 1.04 bits per heavy atom. The fraction of sp³-hybridized carbons (Fsp3) is 0.368. The van der Waals surface area contributed by atoms with E-state index in [2.05, 4.69) is 15.5 Å². The number of anilines is 2. The van der Waals surface area contributed by atoms with Crippen LogP contribution in [0.1, 0.15) is 36.2 Å². The molecular weight excluding hydrogens is 318 g/mol. The molecule has 1 aromatic carbocycles. The van der Waals surface area contributed by atoms with Crippen molar-refractivity contribution in [3.63, 3.8) is 0 Å². The summed E-state index contributed by atoms with van der Waals surface area (Å²) in [6, 6.07) is 11.1. The van der Waals surface area contributed by atoms with Crippen molar-refractivity contribution in [3.8, 4) is 0 Å². The maximum atomic E-state index is 12.2. The zero-order chi connectivity index (χ0) is 17.5. The van der Waals surface area contributed by atoms with E-state index in [1.165, 1.54) is 25.5 Å². The van der Waals surface area contributed by atoms with Crippen molar-refractivity contribution in [1.29, 1.82) is 0 Å². The normalized spacial score (nSPS) is 14.2. The lowest BCUT2D eigenvalue weighted by molar-refractivity contribution is -0.116. The van der Waals surface area contributed by atoms with Gasteiger partial charge in [-0.15, -0.1) is 0 Å². The molecule has 2 N–H and O–H groups in total. The summed E-state index contributed by atoms with van der Waals surface area (Å²) in [6.45, 7) is 2.30. The number of carbonyl (C=O) groups excluding carboxylic acids is 2. The molecule has 0 radical (unpaired) electrons. The van der Waals surface area contributed by atoms with Crippen LogP contribution in [0.3, 0.4) is 0 Å². The van der Waals surface area contributed by atoms with Crippen molar-refractivity contribution in [1.82, 2.24) is 5.32 Å². The van der Waals surface area contributed by atoms with E-state index in [1.54, 1.807) is 12.1 Å². The van der Waals surface area contributed by atoms with Crippen LogP contribution in [0.5, 0.6) is 0 Å². The van der Waals surface area contributed by atoms with Gasteiger partial charge < -0.3 is 20.0 Å². The van der Waals surface area contributed by atoms with E-state index >= 15 is 0 Å². The number of benzene rings is 1. The van der Waals surface area contributed by atoms with E-state index < -0.39 is 0 Å². The Balaban J connectivity index is 1.52. The lowest BCUT2D eigenvalue weighted by Gasteiger charge is -2.30. The Labute approximate surface area is 147 Å². The molecule has 1 aliphatic rings. The molecule has 1 aromatic heterocycles. The minimum atomic E-state index is -0.313. The molecule has 6 heteroatoms. The van der Waals surface area contributed by atoms with E-state index in [0.717, 1.165) is 24.5 Å². The Hall–Kier alpha value is -2.76. The summed E-state index contributed by atoms with van der Waals surface area (Å²) in [5.41, 5.74) is 1.89. The van der Waals surface area contributed by atoms with Gasteiger partial charge in [0.1, 0.15) is 0 Å². The Morgan fingerprint density at radius 2 is 1.84 bits per heavy atom. The van der Waals surface area contributed by atoms with Crippen LogP contribution in [-0.4, -0.2) is 31.4 Å². The van der Waals surface area contributed by atoms with Crippen LogP contribution >= 0.6 is 0 Å². The van der Waals surface area contributed by atoms with Gasteiger partial charge in [0.15, 0.2) is 5.76 Å². The highest BCUT2D eigenvalue weighted by Gasteiger charge is 2.15. The van der Waals surface area contributed by atoms with Gasteiger partial charge in [-0.2, -0.15) is 0 Å². The van der Waals surface area contributed by atoms with Crippen LogP contribution < -0.4 is 15.5 Å². The number of para-hydroxylation sites is 2. The maximum absolute atomic E-state index is 12.2. The summed E-state index contributed by atoms with van der Waals surface area (Å²) in [4.78, 5) is 26.3. The van der Waals surface area contributed by atoms with Gasteiger partial charge in [-0.1, -0.05) is 12.1 Å². The first-order valence-electron chi connectivity index (χ1n) is 8.69. The van der Waals surface area contributed by atoms with Crippen LogP contribution in [0.15, 0.2) is 47.1 Å². The maximum Gasteiger partial charge on any atom is 0.286 e. The summed E-state index contributed by atoms with van der Waals surface area (Å²) in [6.07, 6.45) is 5.28. The number of furan rings is 1. The van der Waals surface area contributed by atoms with E-state index in [9.17, 15) is 9.59 Å². The molecule has 1 saturated heterocycles. The van der Waals surface area contributed by atoms with E-state index in [-0.39, 0.29) is 30.5 Å². The molecule has 2 amide bonds. The zero-order valence-electron chi connectivity index (χ0n) is 14.2. The average Bonchev–Trinajstić information content (AvgIpc) is 3.18. The van der Waals surface area contributed by atoms with Gasteiger partial charge in [0.05, 0.1) is 17.6 Å². The van der Waals surface area contributed by atoms with Crippen molar-refractivity contribution in [2.24, 2.45) is 0 Å². The fourth-order valence-corrected chi connectivity index (χ4v) is 2.99. The molecule has 1 aliphatic heterocycles. The number of amides is 2. The van der Waals surface area contributed by atoms with Crippen LogP contribution in [-0.2, 0) is 4.79 Å². The van der Waals surface area contributed by atoms with Crippen LogP contribution in [0.25, 0.3) is 0 Å². The number of rotatable bonds is 6. The molecule has 2 heterocycles. The molecule has 25 heavy (non-hydrogen) atoms. The van der Waals surface area contributed by atoms with Crippen LogP contribution in [0, 0.1) is 0 Å². The van der Waals surface area contributed by atoms with Crippen molar-refractivity contribution >= 4 is 23.2 Å². The van der Waals surface area contributed by atoms with Gasteiger partial charge in [0.2, 0.25) is 5.91 Å². The lowest BCUT2D eigenvalue weighted by atomic mass is 10.1. The predicted octanol–water partition coefficient (Wildman–Crippen LogP) is 3.03. The first-order valence-corrected chi connectivity index (χ1v) is 8.69. The topological polar surface area (TPSA) is 74.6 Å². The molecule has 0 spiro atoms. The second kappa shape index (κ2) is 8.37. The van der Waals surface area contributed by atoms with E-state index in [4.69, 9.17) is 4.42 Å². The Kier molecular flexibility index (Phi) is 5.72. The Bertz CT molecular complexity index is 706. The molecule has 0 unspecified atom stereocenters. The standard InChI is InChI=1S/C19H23N3O3/c23-18(10-11-20-19(24)17-9-6-14-25-17)21-15-7-2-3-8-16(15)22-12-4-1-5-13-22/h2-3,6-9,14H,1,4-5,10-13H2,(H,20,24)(H,21,23). The molecule has 0 atom stereocenters.